The Balaban J connectivity index is 1.66. The zero-order valence-corrected chi connectivity index (χ0v) is 18.7. The molecule has 0 unspecified atom stereocenters. The maximum Gasteiger partial charge on any atom is 0.265 e. The normalized spacial score (nSPS) is 15.2. The lowest BCUT2D eigenvalue weighted by Gasteiger charge is -2.26. The van der Waals surface area contributed by atoms with E-state index in [1.807, 2.05) is 0 Å². The summed E-state index contributed by atoms with van der Waals surface area (Å²) in [5, 5.41) is 3.13. The number of sulfonamides is 1. The van der Waals surface area contributed by atoms with Crippen molar-refractivity contribution in [3.05, 3.63) is 53.2 Å². The third-order valence-corrected chi connectivity index (χ3v) is 8.18. The fourth-order valence-corrected chi connectivity index (χ4v) is 6.14. The summed E-state index contributed by atoms with van der Waals surface area (Å²) < 4.78 is 47.8. The second kappa shape index (κ2) is 8.94. The van der Waals surface area contributed by atoms with Gasteiger partial charge in [-0.2, -0.15) is 4.31 Å². The molecule has 164 valence electrons. The Labute approximate surface area is 184 Å². The molecule has 1 aliphatic heterocycles. The minimum atomic E-state index is -3.66. The predicted molar refractivity (Wildman–Crippen MR) is 120 cm³/mol. The Morgan fingerprint density at radius 2 is 1.94 bits per heavy atom. The molecule has 1 aromatic heterocycles. The largest absolute Gasteiger partial charge is 0.492 e. The number of benzene rings is 2. The van der Waals surface area contributed by atoms with E-state index < -0.39 is 21.7 Å². The minimum Gasteiger partial charge on any atom is -0.492 e. The number of hydrogen-bond acceptors (Lipinski definition) is 5. The van der Waals surface area contributed by atoms with Gasteiger partial charge in [0.2, 0.25) is 10.0 Å². The standard InChI is InChI=1S/C22H23FN2O4S2/c1-2-29-19-10-9-15(31(27,28)25-11-4-3-5-12-25)13-18(19)24-22(26)21-14-16-17(23)7-6-8-20(16)30-21/h6-10,13-14H,2-5,11-12H2,1H3,(H,24,26). The number of nitrogens with zero attached hydrogens (tertiary/aromatic N) is 1. The lowest BCUT2D eigenvalue weighted by molar-refractivity contribution is 0.103. The second-order valence-electron chi connectivity index (χ2n) is 7.27. The molecule has 2 aromatic carbocycles. The first-order chi connectivity index (χ1) is 14.9. The van der Waals surface area contributed by atoms with Gasteiger partial charge in [-0.25, -0.2) is 12.8 Å². The zero-order chi connectivity index (χ0) is 22.0. The van der Waals surface area contributed by atoms with Crippen LogP contribution >= 0.6 is 11.3 Å². The van der Waals surface area contributed by atoms with E-state index in [1.54, 1.807) is 25.1 Å². The molecule has 6 nitrogen and oxygen atoms in total. The highest BCUT2D eigenvalue weighted by molar-refractivity contribution is 7.89. The highest BCUT2D eigenvalue weighted by Crippen LogP contribution is 2.32. The number of anilines is 1. The van der Waals surface area contributed by atoms with E-state index in [9.17, 15) is 17.6 Å². The molecule has 2 heterocycles. The summed E-state index contributed by atoms with van der Waals surface area (Å²) in [6.45, 7) is 3.14. The van der Waals surface area contributed by atoms with E-state index >= 15 is 0 Å². The molecule has 9 heteroatoms. The molecular weight excluding hydrogens is 439 g/mol. The van der Waals surface area contributed by atoms with E-state index in [0.29, 0.717) is 40.4 Å². The number of amides is 1. The van der Waals surface area contributed by atoms with Crippen LogP contribution in [0.25, 0.3) is 10.1 Å². The molecule has 31 heavy (non-hydrogen) atoms. The fourth-order valence-electron chi connectivity index (χ4n) is 3.62. The number of hydrogen-bond donors (Lipinski definition) is 1. The summed E-state index contributed by atoms with van der Waals surface area (Å²) in [6, 6.07) is 10.7. The van der Waals surface area contributed by atoms with Gasteiger partial charge in [0.25, 0.3) is 5.91 Å². The minimum absolute atomic E-state index is 0.107. The Morgan fingerprint density at radius 1 is 1.16 bits per heavy atom. The van der Waals surface area contributed by atoms with Gasteiger partial charge >= 0.3 is 0 Å². The summed E-state index contributed by atoms with van der Waals surface area (Å²) in [4.78, 5) is 13.3. The number of nitrogens with one attached hydrogen (secondary N) is 1. The van der Waals surface area contributed by atoms with Crippen molar-refractivity contribution in [3.8, 4) is 5.75 Å². The number of thiophene rings is 1. The van der Waals surface area contributed by atoms with Crippen LogP contribution in [0.2, 0.25) is 0 Å². The summed E-state index contributed by atoms with van der Waals surface area (Å²) >= 11 is 1.17. The monoisotopic (exact) mass is 462 g/mol. The van der Waals surface area contributed by atoms with Gasteiger partial charge in [0.15, 0.2) is 0 Å². The van der Waals surface area contributed by atoms with E-state index in [-0.39, 0.29) is 10.6 Å². The molecule has 3 aromatic rings. The highest BCUT2D eigenvalue weighted by atomic mass is 32.2. The van der Waals surface area contributed by atoms with Crippen molar-refractivity contribution in [3.63, 3.8) is 0 Å². The SMILES string of the molecule is CCOc1ccc(S(=O)(=O)N2CCCCC2)cc1NC(=O)c1cc2c(F)cccc2s1. The van der Waals surface area contributed by atoms with Crippen LogP contribution in [0.5, 0.6) is 5.75 Å². The van der Waals surface area contributed by atoms with Crippen LogP contribution in [-0.4, -0.2) is 38.3 Å². The van der Waals surface area contributed by atoms with Crippen LogP contribution < -0.4 is 10.1 Å². The number of halogens is 1. The molecule has 4 rings (SSSR count). The number of fused-ring (bicyclic) bond motifs is 1. The van der Waals surface area contributed by atoms with Crippen LogP contribution in [0, 0.1) is 5.82 Å². The molecule has 0 atom stereocenters. The number of ether oxygens (including phenoxy) is 1. The van der Waals surface area contributed by atoms with Gasteiger partial charge in [-0.3, -0.25) is 4.79 Å². The van der Waals surface area contributed by atoms with Gasteiger partial charge < -0.3 is 10.1 Å². The van der Waals surface area contributed by atoms with Crippen molar-refractivity contribution in [2.75, 3.05) is 25.0 Å². The van der Waals surface area contributed by atoms with Crippen LogP contribution in [0.4, 0.5) is 10.1 Å². The molecule has 1 N–H and O–H groups in total. The van der Waals surface area contributed by atoms with Crippen LogP contribution in [0.15, 0.2) is 47.4 Å². The van der Waals surface area contributed by atoms with Crippen LogP contribution in [0.1, 0.15) is 35.9 Å². The van der Waals surface area contributed by atoms with Gasteiger partial charge in [-0.05, 0) is 56.2 Å². The van der Waals surface area contributed by atoms with Gasteiger partial charge in [-0.1, -0.05) is 12.5 Å². The first-order valence-corrected chi connectivity index (χ1v) is 12.4. The molecule has 1 fully saturated rings. The average Bonchev–Trinajstić information content (AvgIpc) is 3.22. The Morgan fingerprint density at radius 3 is 2.65 bits per heavy atom. The average molecular weight is 463 g/mol. The van der Waals surface area contributed by atoms with Gasteiger partial charge in [0.05, 0.1) is 22.1 Å². The molecule has 0 saturated carbocycles. The summed E-state index contributed by atoms with van der Waals surface area (Å²) in [6.07, 6.45) is 2.69. The molecule has 1 saturated heterocycles. The first-order valence-electron chi connectivity index (χ1n) is 10.2. The number of piperidine rings is 1. The van der Waals surface area contributed by atoms with Crippen LogP contribution in [-0.2, 0) is 10.0 Å². The zero-order valence-electron chi connectivity index (χ0n) is 17.1. The lowest BCUT2D eigenvalue weighted by Crippen LogP contribution is -2.35. The summed E-state index contributed by atoms with van der Waals surface area (Å²) in [5.41, 5.74) is 0.267. The van der Waals surface area contributed by atoms with Crippen molar-refractivity contribution in [1.29, 1.82) is 0 Å². The topological polar surface area (TPSA) is 75.7 Å². The van der Waals surface area contributed by atoms with Crippen molar-refractivity contribution in [1.82, 2.24) is 4.31 Å². The van der Waals surface area contributed by atoms with Gasteiger partial charge in [0.1, 0.15) is 11.6 Å². The predicted octanol–water partition coefficient (Wildman–Crippen LogP) is 4.87. The van der Waals surface area contributed by atoms with E-state index in [4.69, 9.17) is 4.74 Å². The summed E-state index contributed by atoms with van der Waals surface area (Å²) in [5.74, 6) is -0.466. The van der Waals surface area contributed by atoms with E-state index in [0.717, 1.165) is 19.3 Å². The van der Waals surface area contributed by atoms with Gasteiger partial charge in [-0.15, -0.1) is 11.3 Å². The quantitative estimate of drug-likeness (QED) is 0.567. The van der Waals surface area contributed by atoms with Gasteiger partial charge in [0, 0.05) is 23.2 Å². The van der Waals surface area contributed by atoms with Crippen LogP contribution in [0.3, 0.4) is 0 Å². The molecule has 0 aliphatic carbocycles. The van der Waals surface area contributed by atoms with E-state index in [2.05, 4.69) is 5.32 Å². The fraction of sp³-hybridized carbons (Fsp3) is 0.318. The van der Waals surface area contributed by atoms with Crippen molar-refractivity contribution in [2.45, 2.75) is 31.1 Å². The molecule has 1 amide bonds. The Kier molecular flexibility index (Phi) is 6.27. The van der Waals surface area contributed by atoms with Crippen molar-refractivity contribution >= 4 is 43.0 Å². The maximum absolute atomic E-state index is 14.0. The third kappa shape index (κ3) is 4.44. The molecule has 1 aliphatic rings. The molecule has 0 radical (unpaired) electrons. The Hall–Kier alpha value is -2.49. The van der Waals surface area contributed by atoms with E-state index in [1.165, 1.54) is 39.9 Å². The first kappa shape index (κ1) is 21.7. The molecular formula is C22H23FN2O4S2. The second-order valence-corrected chi connectivity index (χ2v) is 10.3. The maximum atomic E-state index is 14.0. The molecule has 0 bridgehead atoms. The number of rotatable bonds is 6. The highest BCUT2D eigenvalue weighted by Gasteiger charge is 2.27. The smallest absolute Gasteiger partial charge is 0.265 e. The third-order valence-electron chi connectivity index (χ3n) is 5.18. The Bertz CT molecular complexity index is 1220. The lowest BCUT2D eigenvalue weighted by atomic mass is 10.2. The molecule has 0 spiro atoms. The number of carbonyl (C=O) groups excluding carboxylic acids is 1. The number of carbonyl (C=O) groups is 1. The van der Waals surface area contributed by atoms with Crippen molar-refractivity contribution in [2.24, 2.45) is 0 Å². The van der Waals surface area contributed by atoms with Crippen molar-refractivity contribution < 1.29 is 22.3 Å². The summed E-state index contributed by atoms with van der Waals surface area (Å²) in [7, 11) is -3.66.